The van der Waals surface area contributed by atoms with E-state index in [0.717, 1.165) is 17.3 Å². The van der Waals surface area contributed by atoms with Crippen LogP contribution in [0.4, 0.5) is 0 Å². The van der Waals surface area contributed by atoms with E-state index in [1.165, 1.54) is 6.20 Å². The van der Waals surface area contributed by atoms with Crippen LogP contribution in [0, 0.1) is 5.41 Å². The van der Waals surface area contributed by atoms with Crippen LogP contribution in [0.2, 0.25) is 0 Å². The number of carbonyl (C=O) groups is 2. The average Bonchev–Trinajstić information content (AvgIpc) is 3.17. The molecule has 1 saturated heterocycles. The fourth-order valence-electron chi connectivity index (χ4n) is 3.73. The lowest BCUT2D eigenvalue weighted by Crippen LogP contribution is -3.09. The molecular formula is C25H37N3O8PS+. The smallest absolute Gasteiger partial charge is 0.387 e. The summed E-state index contributed by atoms with van der Waals surface area (Å²) in [5, 5.41) is 24.0. The summed E-state index contributed by atoms with van der Waals surface area (Å²) in [6.07, 6.45) is 0.738. The number of thioether (sulfide) groups is 1. The molecule has 3 rings (SSSR count). The van der Waals surface area contributed by atoms with E-state index in [2.05, 4.69) is 5.09 Å². The van der Waals surface area contributed by atoms with Crippen molar-refractivity contribution in [2.45, 2.75) is 58.3 Å². The maximum absolute atomic E-state index is 13.5. The molecule has 6 atom stereocenters. The fourth-order valence-corrected chi connectivity index (χ4v) is 5.95. The molecule has 6 N–H and O–H groups in total. The lowest BCUT2D eigenvalue weighted by Gasteiger charge is -2.23. The zero-order chi connectivity index (χ0) is 27.9. The monoisotopic (exact) mass is 570 g/mol. The van der Waals surface area contributed by atoms with Gasteiger partial charge in [0, 0.05) is 24.1 Å². The number of aliphatic hydroxyl groups excluding tert-OH is 2. The molecule has 11 nitrogen and oxygen atoms in total. The number of primary amides is 1. The highest BCUT2D eigenvalue weighted by atomic mass is 32.2. The van der Waals surface area contributed by atoms with Gasteiger partial charge < -0.3 is 20.7 Å². The highest BCUT2D eigenvalue weighted by Gasteiger charge is 2.49. The third kappa shape index (κ3) is 8.57. The van der Waals surface area contributed by atoms with E-state index in [-0.39, 0.29) is 30.6 Å². The molecule has 1 aromatic carbocycles. The summed E-state index contributed by atoms with van der Waals surface area (Å²) in [5.41, 5.74) is 6.07. The number of quaternary nitrogens is 1. The summed E-state index contributed by atoms with van der Waals surface area (Å²) in [6.45, 7) is 5.28. The van der Waals surface area contributed by atoms with Gasteiger partial charge in [-0.2, -0.15) is 0 Å². The van der Waals surface area contributed by atoms with Crippen molar-refractivity contribution in [3.63, 3.8) is 0 Å². The summed E-state index contributed by atoms with van der Waals surface area (Å²) in [5.74, 6) is -0.302. The van der Waals surface area contributed by atoms with Crippen molar-refractivity contribution in [3.05, 3.63) is 59.9 Å². The number of amides is 1. The maximum Gasteiger partial charge on any atom is 0.405 e. The molecule has 210 valence electrons. The maximum atomic E-state index is 13.5. The van der Waals surface area contributed by atoms with E-state index < -0.39 is 43.6 Å². The van der Waals surface area contributed by atoms with Crippen LogP contribution in [-0.4, -0.2) is 64.7 Å². The molecular weight excluding hydrogens is 533 g/mol. The third-order valence-electron chi connectivity index (χ3n) is 5.91. The molecule has 0 aliphatic carbocycles. The molecule has 38 heavy (non-hydrogen) atoms. The van der Waals surface area contributed by atoms with Crippen molar-refractivity contribution in [3.8, 4) is 0 Å². The number of hydrogen-bond acceptors (Lipinski definition) is 9. The van der Waals surface area contributed by atoms with Crippen molar-refractivity contribution in [2.24, 2.45) is 11.1 Å². The largest absolute Gasteiger partial charge is 0.405 e. The van der Waals surface area contributed by atoms with Crippen molar-refractivity contribution >= 4 is 30.5 Å². The topological polar surface area (TPSA) is 162 Å². The van der Waals surface area contributed by atoms with Gasteiger partial charge in [0.25, 0.3) is 0 Å². The lowest BCUT2D eigenvalue weighted by atomic mass is 10.00. The predicted octanol–water partition coefficient (Wildman–Crippen LogP) is 0.842. The molecule has 1 aromatic rings. The highest BCUT2D eigenvalue weighted by Crippen LogP contribution is 2.45. The van der Waals surface area contributed by atoms with Gasteiger partial charge in [-0.05, 0) is 11.6 Å². The van der Waals surface area contributed by atoms with E-state index in [0.29, 0.717) is 16.9 Å². The third-order valence-corrected chi connectivity index (χ3v) is 8.72. The number of nitrogens with one attached hydrogen (secondary N) is 2. The van der Waals surface area contributed by atoms with Crippen LogP contribution >= 0.6 is 19.5 Å². The Hall–Kier alpha value is -1.86. The van der Waals surface area contributed by atoms with Gasteiger partial charge in [-0.15, -0.1) is 0 Å². The summed E-state index contributed by atoms with van der Waals surface area (Å²) in [4.78, 5) is 24.2. The second kappa shape index (κ2) is 13.5. The van der Waals surface area contributed by atoms with Gasteiger partial charge in [-0.25, -0.2) is 9.65 Å². The molecule has 0 radical (unpaired) electrons. The normalized spacial score (nSPS) is 27.1. The van der Waals surface area contributed by atoms with Gasteiger partial charge in [0.05, 0.1) is 25.0 Å². The average molecular weight is 571 g/mol. The van der Waals surface area contributed by atoms with Crippen molar-refractivity contribution in [2.75, 3.05) is 19.0 Å². The highest BCUT2D eigenvalue weighted by molar-refractivity contribution is 8.13. The van der Waals surface area contributed by atoms with Gasteiger partial charge in [-0.3, -0.25) is 23.5 Å². The van der Waals surface area contributed by atoms with E-state index >= 15 is 0 Å². The number of carbonyl (C=O) groups excluding carboxylic acids is 2. The number of allylic oxidation sites excluding steroid dienone is 1. The standard InChI is InChI=1S/C25H36N3O8PS/c1-25(2,3)24(32)38-13-12-34-37(33,27-14-17-8-5-4-6-9-17)35-16-19-20(29)21(30)23(36-19)28-11-7-10-18(15-28)22(26)31/h4-9,11,15,19-21,23,29-30H,10,12-14,16H2,1-3H3,(H2,26,31)(H,27,33)/p+1. The van der Waals surface area contributed by atoms with Crippen molar-refractivity contribution in [1.82, 2.24) is 5.09 Å². The van der Waals surface area contributed by atoms with Crippen molar-refractivity contribution in [1.29, 1.82) is 0 Å². The first-order valence-corrected chi connectivity index (χ1v) is 14.8. The molecule has 2 aliphatic heterocycles. The van der Waals surface area contributed by atoms with E-state index in [9.17, 15) is 24.4 Å². The minimum atomic E-state index is -3.90. The summed E-state index contributed by atoms with van der Waals surface area (Å²) in [7, 11) is -3.90. The zero-order valence-corrected chi connectivity index (χ0v) is 23.5. The van der Waals surface area contributed by atoms with Crippen molar-refractivity contribution < 1.29 is 43.1 Å². The van der Waals surface area contributed by atoms with Gasteiger partial charge in [0.1, 0.15) is 18.4 Å². The minimum Gasteiger partial charge on any atom is -0.387 e. The Morgan fingerprint density at radius 2 is 1.92 bits per heavy atom. The fraction of sp³-hybridized carbons (Fsp3) is 0.520. The number of ether oxygens (including phenoxy) is 1. The number of rotatable bonds is 12. The number of hydrogen-bond donors (Lipinski definition) is 5. The van der Waals surface area contributed by atoms with Gasteiger partial charge in [0.2, 0.25) is 12.1 Å². The quantitative estimate of drug-likeness (QED) is 0.180. The number of benzene rings is 1. The van der Waals surface area contributed by atoms with Crippen LogP contribution in [0.25, 0.3) is 0 Å². The molecule has 0 bridgehead atoms. The summed E-state index contributed by atoms with van der Waals surface area (Å²) >= 11 is 1.09. The first kappa shape index (κ1) is 30.7. The number of nitrogens with two attached hydrogens (primary N) is 1. The predicted molar refractivity (Wildman–Crippen MR) is 142 cm³/mol. The second-order valence-corrected chi connectivity index (χ2v) is 12.9. The molecule has 0 saturated carbocycles. The molecule has 2 heterocycles. The molecule has 0 spiro atoms. The van der Waals surface area contributed by atoms with E-state index in [1.807, 2.05) is 51.1 Å². The van der Waals surface area contributed by atoms with Gasteiger partial charge in [-0.1, -0.05) is 62.9 Å². The Morgan fingerprint density at radius 3 is 2.58 bits per heavy atom. The Balaban J connectivity index is 1.62. The van der Waals surface area contributed by atoms with Crippen LogP contribution < -0.4 is 15.7 Å². The molecule has 1 amide bonds. The van der Waals surface area contributed by atoms with Crippen LogP contribution in [0.1, 0.15) is 32.8 Å². The Bertz CT molecular complexity index is 1080. The number of aliphatic hydroxyl groups is 2. The first-order chi connectivity index (χ1) is 17.9. The molecule has 0 aromatic heterocycles. The summed E-state index contributed by atoms with van der Waals surface area (Å²) < 4.78 is 30.6. The first-order valence-electron chi connectivity index (χ1n) is 12.3. The lowest BCUT2D eigenvalue weighted by molar-refractivity contribution is -0.853. The van der Waals surface area contributed by atoms with Gasteiger partial charge >= 0.3 is 7.75 Å². The van der Waals surface area contributed by atoms with Gasteiger partial charge in [0.15, 0.2) is 11.2 Å². The minimum absolute atomic E-state index is 0.0144. The van der Waals surface area contributed by atoms with E-state index in [1.54, 1.807) is 12.3 Å². The Labute approximate surface area is 227 Å². The molecule has 13 heteroatoms. The molecule has 6 unspecified atom stereocenters. The summed E-state index contributed by atoms with van der Waals surface area (Å²) in [6, 6.07) is 9.25. The molecule has 2 aliphatic rings. The van der Waals surface area contributed by atoms with E-state index in [4.69, 9.17) is 19.5 Å². The Kier molecular flexibility index (Phi) is 10.9. The zero-order valence-electron chi connectivity index (χ0n) is 21.7. The van der Waals surface area contributed by atoms with Crippen LogP contribution in [-0.2, 0) is 34.5 Å². The van der Waals surface area contributed by atoms with Crippen LogP contribution in [0.5, 0.6) is 0 Å². The second-order valence-electron chi connectivity index (χ2n) is 10.0. The molecule has 1 fully saturated rings. The Morgan fingerprint density at radius 1 is 1.21 bits per heavy atom. The van der Waals surface area contributed by atoms with Crippen LogP contribution in [0.15, 0.2) is 54.4 Å². The van der Waals surface area contributed by atoms with Crippen LogP contribution in [0.3, 0.4) is 0 Å². The SMILES string of the molecule is CC(C)(C)C(=O)SCCOP(=O)(NCc1ccccc1)OCC1OC([NH+]2C=CCC(C(N)=O)=C2)C(O)C1O.